The van der Waals surface area contributed by atoms with E-state index in [1.165, 1.54) is 29.2 Å². The highest BCUT2D eigenvalue weighted by molar-refractivity contribution is 7.09. The first-order valence-corrected chi connectivity index (χ1v) is 11.6. The lowest BCUT2D eigenvalue weighted by Crippen LogP contribution is -2.49. The van der Waals surface area contributed by atoms with Crippen LogP contribution in [0.15, 0.2) is 42.5 Å². The first kappa shape index (κ1) is 25.8. The largest absolute Gasteiger partial charge is 0.395 e. The van der Waals surface area contributed by atoms with Crippen molar-refractivity contribution in [2.75, 3.05) is 10.6 Å². The summed E-state index contributed by atoms with van der Waals surface area (Å²) in [5.74, 6) is -2.46. The van der Waals surface area contributed by atoms with E-state index in [-0.39, 0.29) is 16.3 Å². The van der Waals surface area contributed by atoms with Crippen molar-refractivity contribution in [2.45, 2.75) is 46.2 Å². The van der Waals surface area contributed by atoms with Crippen molar-refractivity contribution >= 4 is 40.6 Å². The minimum Gasteiger partial charge on any atom is -0.395 e. The molecule has 0 aliphatic carbocycles. The number of hydrogen-bond donors (Lipinski definition) is 3. The van der Waals surface area contributed by atoms with Crippen LogP contribution in [-0.4, -0.2) is 27.6 Å². The minimum atomic E-state index is -1.18. The van der Waals surface area contributed by atoms with Gasteiger partial charge in [0.05, 0.1) is 5.69 Å². The highest BCUT2D eigenvalue weighted by Gasteiger charge is 2.37. The van der Waals surface area contributed by atoms with Crippen molar-refractivity contribution in [1.29, 1.82) is 0 Å². The van der Waals surface area contributed by atoms with Gasteiger partial charge >= 0.3 is 0 Å². The molecule has 1 unspecified atom stereocenters. The van der Waals surface area contributed by atoms with E-state index in [4.69, 9.17) is 11.5 Å². The summed E-state index contributed by atoms with van der Waals surface area (Å²) < 4.78 is 17.7. The van der Waals surface area contributed by atoms with Crippen molar-refractivity contribution in [1.82, 2.24) is 9.69 Å². The van der Waals surface area contributed by atoms with Crippen molar-refractivity contribution in [3.63, 3.8) is 0 Å². The Bertz CT molecular complexity index is 1280. The smallest absolute Gasteiger partial charge is 0.273 e. The predicted octanol–water partition coefficient (Wildman–Crippen LogP) is 3.88. The molecule has 1 aromatic heterocycles. The van der Waals surface area contributed by atoms with E-state index >= 15 is 0 Å². The molecule has 0 radical (unpaired) electrons. The molecule has 3 aromatic rings. The zero-order valence-corrected chi connectivity index (χ0v) is 21.0. The molecule has 8 nitrogen and oxygen atoms in total. The average molecular weight is 498 g/mol. The Balaban J connectivity index is 2.27. The number of nitrogens with one attached hydrogen (secondary N) is 1. The molecule has 184 valence electrons. The van der Waals surface area contributed by atoms with E-state index in [1.54, 1.807) is 6.07 Å². The first-order valence-electron chi connectivity index (χ1n) is 10.8. The van der Waals surface area contributed by atoms with Crippen molar-refractivity contribution in [2.24, 2.45) is 5.73 Å². The van der Waals surface area contributed by atoms with Gasteiger partial charge in [-0.05, 0) is 75.5 Å². The Morgan fingerprint density at radius 1 is 1.09 bits per heavy atom. The lowest BCUT2D eigenvalue weighted by molar-refractivity contribution is -0.123. The Labute approximate surface area is 207 Å². The number of halogens is 1. The topological polar surface area (TPSA) is 131 Å². The zero-order valence-electron chi connectivity index (χ0n) is 20.2. The molecule has 0 aliphatic rings. The molecule has 0 aliphatic heterocycles. The summed E-state index contributed by atoms with van der Waals surface area (Å²) in [4.78, 5) is 40.6. The van der Waals surface area contributed by atoms with Gasteiger partial charge in [0.2, 0.25) is 5.91 Å². The molecular formula is C25H28FN5O3S. The summed E-state index contributed by atoms with van der Waals surface area (Å²) in [5, 5.41) is 2.91. The van der Waals surface area contributed by atoms with E-state index in [2.05, 4.69) is 9.69 Å². The monoisotopic (exact) mass is 497 g/mol. The summed E-state index contributed by atoms with van der Waals surface area (Å²) >= 11 is 0.726. The van der Waals surface area contributed by atoms with Crippen LogP contribution < -0.4 is 21.7 Å². The second kappa shape index (κ2) is 9.83. The fraction of sp³-hybridized carbons (Fsp3) is 0.280. The molecular weight excluding hydrogens is 469 g/mol. The van der Waals surface area contributed by atoms with Crippen LogP contribution in [0.5, 0.6) is 0 Å². The fourth-order valence-corrected chi connectivity index (χ4v) is 4.42. The number of carbonyl (C=O) groups is 3. The van der Waals surface area contributed by atoms with Crippen molar-refractivity contribution in [3.8, 4) is 0 Å². The third-order valence-corrected chi connectivity index (χ3v) is 6.03. The quantitative estimate of drug-likeness (QED) is 0.476. The number of nitrogen functional groups attached to an aromatic ring is 1. The summed E-state index contributed by atoms with van der Waals surface area (Å²) in [7, 11) is 0. The molecule has 3 amide bonds. The third kappa shape index (κ3) is 5.65. The van der Waals surface area contributed by atoms with E-state index < -0.39 is 35.1 Å². The van der Waals surface area contributed by atoms with Crippen LogP contribution in [0.1, 0.15) is 63.7 Å². The van der Waals surface area contributed by atoms with Crippen LogP contribution in [0.25, 0.3) is 0 Å². The van der Waals surface area contributed by atoms with Gasteiger partial charge < -0.3 is 16.8 Å². The van der Waals surface area contributed by atoms with E-state index in [1.807, 2.05) is 46.8 Å². The lowest BCUT2D eigenvalue weighted by Gasteiger charge is -2.34. The van der Waals surface area contributed by atoms with Gasteiger partial charge in [-0.25, -0.2) is 4.39 Å². The number of anilines is 2. The number of rotatable bonds is 6. The standard InChI is InChI=1S/C25H28FN5O3S/c1-13-6-11-17(14(2)12-13)31(24(34)21-18(27)19(22(28)32)30-35-21)20(23(33)29-25(3,4)5)15-7-9-16(26)10-8-15/h6-12,20H,27H2,1-5H3,(H2,28,32)(H,29,33). The maximum Gasteiger partial charge on any atom is 0.273 e. The number of nitrogens with two attached hydrogens (primary N) is 2. The van der Waals surface area contributed by atoms with Gasteiger partial charge in [0.15, 0.2) is 5.69 Å². The second-order valence-electron chi connectivity index (χ2n) is 9.30. The molecule has 0 fully saturated rings. The molecule has 0 spiro atoms. The molecule has 1 atom stereocenters. The van der Waals surface area contributed by atoms with Gasteiger partial charge in [0.25, 0.3) is 11.8 Å². The molecule has 0 saturated heterocycles. The summed E-state index contributed by atoms with van der Waals surface area (Å²) in [6.45, 7) is 9.17. The maximum atomic E-state index is 14.0. The lowest BCUT2D eigenvalue weighted by atomic mass is 9.99. The fourth-order valence-electron chi connectivity index (χ4n) is 3.68. The molecule has 10 heteroatoms. The Hall–Kier alpha value is -3.79. The summed E-state index contributed by atoms with van der Waals surface area (Å²) in [5.41, 5.74) is 13.0. The van der Waals surface area contributed by atoms with Gasteiger partial charge in [-0.2, -0.15) is 4.37 Å². The molecule has 2 aromatic carbocycles. The molecule has 3 rings (SSSR count). The molecule has 1 heterocycles. The van der Waals surface area contributed by atoms with Crippen molar-refractivity contribution in [3.05, 3.63) is 75.5 Å². The van der Waals surface area contributed by atoms with E-state index in [0.29, 0.717) is 11.3 Å². The maximum absolute atomic E-state index is 14.0. The van der Waals surface area contributed by atoms with Crippen LogP contribution in [0.3, 0.4) is 0 Å². The number of nitrogens with zero attached hydrogens (tertiary/aromatic N) is 2. The number of benzene rings is 2. The van der Waals surface area contributed by atoms with Crippen LogP contribution in [-0.2, 0) is 4.79 Å². The highest BCUT2D eigenvalue weighted by atomic mass is 32.1. The number of primary amides is 1. The van der Waals surface area contributed by atoms with Gasteiger partial charge in [0.1, 0.15) is 16.7 Å². The summed E-state index contributed by atoms with van der Waals surface area (Å²) in [6.07, 6.45) is 0. The zero-order chi connectivity index (χ0) is 26.1. The van der Waals surface area contributed by atoms with E-state index in [9.17, 15) is 18.8 Å². The van der Waals surface area contributed by atoms with Gasteiger partial charge in [-0.15, -0.1) is 0 Å². The first-order chi connectivity index (χ1) is 16.3. The van der Waals surface area contributed by atoms with Crippen LogP contribution in [0.2, 0.25) is 0 Å². The minimum absolute atomic E-state index is 0.0329. The Morgan fingerprint density at radius 2 is 1.71 bits per heavy atom. The molecule has 0 saturated carbocycles. The summed E-state index contributed by atoms with van der Waals surface area (Å²) in [6, 6.07) is 9.61. The second-order valence-corrected chi connectivity index (χ2v) is 10.1. The van der Waals surface area contributed by atoms with Gasteiger partial charge in [-0.1, -0.05) is 29.8 Å². The number of aromatic nitrogens is 1. The Kier molecular flexibility index (Phi) is 7.25. The SMILES string of the molecule is Cc1ccc(N(C(=O)c2snc(C(N)=O)c2N)C(C(=O)NC(C)(C)C)c2ccc(F)cc2)c(C)c1. The van der Waals surface area contributed by atoms with Crippen LogP contribution >= 0.6 is 11.5 Å². The molecule has 0 bridgehead atoms. The number of carbonyl (C=O) groups excluding carboxylic acids is 3. The van der Waals surface area contributed by atoms with Crippen LogP contribution in [0, 0.1) is 19.7 Å². The Morgan fingerprint density at radius 3 is 2.23 bits per heavy atom. The number of aryl methyl sites for hydroxylation is 2. The predicted molar refractivity (Wildman–Crippen MR) is 135 cm³/mol. The third-order valence-electron chi connectivity index (χ3n) is 5.18. The molecule has 35 heavy (non-hydrogen) atoms. The van der Waals surface area contributed by atoms with Crippen LogP contribution in [0.4, 0.5) is 15.8 Å². The van der Waals surface area contributed by atoms with Crippen molar-refractivity contribution < 1.29 is 18.8 Å². The normalized spacial score (nSPS) is 12.2. The van der Waals surface area contributed by atoms with Gasteiger partial charge in [0, 0.05) is 11.2 Å². The average Bonchev–Trinajstić information content (AvgIpc) is 3.13. The highest BCUT2D eigenvalue weighted by Crippen LogP contribution is 2.35. The van der Waals surface area contributed by atoms with Gasteiger partial charge in [-0.3, -0.25) is 19.3 Å². The van der Waals surface area contributed by atoms with E-state index in [0.717, 1.165) is 22.7 Å². The number of amides is 3. The molecule has 5 N–H and O–H groups in total. The number of hydrogen-bond acceptors (Lipinski definition) is 6.